The van der Waals surface area contributed by atoms with Gasteiger partial charge in [0, 0.05) is 60.1 Å². The SMILES string of the molecule is CC(C)C[Si]12O[Si]3(CCCOC(=O)CCCCCCCCCCBr)O[Si]4(CC(C)C)O[Si](CC(C)C)(O1)O[Si]1(CC(C)C)O[Si](CC(C)C)(O2)O[Si](CC(C)C)(O3)O[Si](CC(C)C)(O4)O1. The summed E-state index contributed by atoms with van der Waals surface area (Å²) in [4.78, 5) is 13.2. The average Bonchev–Trinajstić information content (AvgIpc) is 3.07. The summed E-state index contributed by atoms with van der Waals surface area (Å²) in [7, 11) is -32.0. The second-order valence-corrected chi connectivity index (χ2v) is 47.3. The molecule has 0 unspecified atom stereocenters. The zero-order valence-corrected chi connectivity index (χ0v) is 52.4. The van der Waals surface area contributed by atoms with Crippen LogP contribution in [0.5, 0.6) is 0 Å². The van der Waals surface area contributed by atoms with Gasteiger partial charge < -0.3 is 54.1 Å². The van der Waals surface area contributed by atoms with E-state index in [9.17, 15) is 4.79 Å². The highest BCUT2D eigenvalue weighted by molar-refractivity contribution is 9.09. The topological polar surface area (TPSA) is 137 Å². The Morgan fingerprint density at radius 1 is 0.354 bits per heavy atom. The van der Waals surface area contributed by atoms with E-state index >= 15 is 0 Å². The minimum atomic E-state index is -4.11. The third-order valence-corrected chi connectivity index (χ3v) is 52.1. The third-order valence-electron chi connectivity index (χ3n) is 11.5. The number of ether oxygens (including phenoxy) is 1. The van der Waals surface area contributed by atoms with Gasteiger partial charge in [-0.3, -0.25) is 4.79 Å². The fraction of sp³-hybridized carbons (Fsp3) is 0.976. The molecule has 0 aromatic carbocycles. The first-order chi connectivity index (χ1) is 30.4. The molecule has 14 nitrogen and oxygen atoms in total. The number of unbranched alkanes of at least 4 members (excludes halogenated alkanes) is 7. The van der Waals surface area contributed by atoms with Crippen LogP contribution in [-0.4, -0.2) is 88.3 Å². The summed E-state index contributed by atoms with van der Waals surface area (Å²) in [5, 5.41) is 1.07. The number of hydrogen-bond acceptors (Lipinski definition) is 14. The molecule has 380 valence electrons. The molecule has 8 bridgehead atoms. The number of hydrogen-bond donors (Lipinski definition) is 0. The Morgan fingerprint density at radius 3 is 0.831 bits per heavy atom. The number of halogens is 1. The molecule has 65 heavy (non-hydrogen) atoms. The lowest BCUT2D eigenvalue weighted by molar-refractivity contribution is -0.143. The van der Waals surface area contributed by atoms with Crippen LogP contribution in [0.1, 0.15) is 161 Å². The summed E-state index contributed by atoms with van der Waals surface area (Å²) in [6.07, 6.45) is 10.0. The molecule has 6 aliphatic rings. The quantitative estimate of drug-likeness (QED) is 0.0318. The van der Waals surface area contributed by atoms with E-state index in [0.29, 0.717) is 61.2 Å². The van der Waals surface area contributed by atoms with E-state index < -0.39 is 70.4 Å². The monoisotopic (exact) mass is 1120 g/mol. The molecule has 23 heteroatoms. The van der Waals surface area contributed by atoms with Crippen LogP contribution in [0.2, 0.25) is 48.4 Å². The summed E-state index contributed by atoms with van der Waals surface area (Å²) < 4.78 is 99.7. The molecule has 0 aromatic heterocycles. The molecule has 0 aromatic rings. The number of rotatable bonds is 28. The van der Waals surface area contributed by atoms with Crippen molar-refractivity contribution in [3.63, 3.8) is 0 Å². The van der Waals surface area contributed by atoms with Crippen LogP contribution in [0.15, 0.2) is 0 Å². The molecule has 6 fully saturated rings. The third kappa shape index (κ3) is 16.1. The van der Waals surface area contributed by atoms with Crippen molar-refractivity contribution in [2.24, 2.45) is 41.4 Å². The van der Waals surface area contributed by atoms with E-state index in [1.807, 2.05) is 0 Å². The van der Waals surface area contributed by atoms with E-state index in [0.717, 1.165) is 24.6 Å². The Hall–Kier alpha value is 1.21. The summed E-state index contributed by atoms with van der Waals surface area (Å²) in [5.41, 5.74) is 0. The van der Waals surface area contributed by atoms with E-state index in [1.165, 1.54) is 32.1 Å². The van der Waals surface area contributed by atoms with Gasteiger partial charge in [0.05, 0.1) is 6.61 Å². The lowest BCUT2D eigenvalue weighted by atomic mass is 10.1. The first-order valence-corrected chi connectivity index (χ1v) is 42.1. The van der Waals surface area contributed by atoms with Crippen LogP contribution in [0.25, 0.3) is 0 Å². The molecule has 0 radical (unpaired) electrons. The predicted octanol–water partition coefficient (Wildman–Crippen LogP) is 12.2. The lowest BCUT2D eigenvalue weighted by Gasteiger charge is -2.64. The summed E-state index contributed by atoms with van der Waals surface area (Å²) in [6.45, 7) is 30.4. The van der Waals surface area contributed by atoms with Gasteiger partial charge in [-0.2, -0.15) is 0 Å². The molecular formula is C42H89BrO14Si8. The second-order valence-electron chi connectivity index (χ2n) is 22.5. The fourth-order valence-electron chi connectivity index (χ4n) is 9.84. The van der Waals surface area contributed by atoms with Crippen molar-refractivity contribution >= 4 is 92.3 Å². The smallest absolute Gasteiger partial charge is 0.466 e. The summed E-state index contributed by atoms with van der Waals surface area (Å²) >= 11 is 3.52. The van der Waals surface area contributed by atoms with Gasteiger partial charge in [-0.05, 0) is 60.7 Å². The first kappa shape index (κ1) is 57.1. The molecule has 6 heterocycles. The fourth-order valence-corrected chi connectivity index (χ4v) is 61.8. The van der Waals surface area contributed by atoms with Crippen LogP contribution in [-0.2, 0) is 58.9 Å². The van der Waals surface area contributed by atoms with Crippen LogP contribution in [0.4, 0.5) is 0 Å². The largest absolute Gasteiger partial charge is 0.479 e. The maximum absolute atomic E-state index is 13.2. The highest BCUT2D eigenvalue weighted by Gasteiger charge is 2.83. The van der Waals surface area contributed by atoms with Crippen molar-refractivity contribution in [3.05, 3.63) is 0 Å². The maximum Gasteiger partial charge on any atom is 0.479 e. The van der Waals surface area contributed by atoms with Crippen molar-refractivity contribution in [1.82, 2.24) is 0 Å². The molecule has 6 aliphatic heterocycles. The Balaban J connectivity index is 1.65. The molecule has 0 N–H and O–H groups in total. The van der Waals surface area contributed by atoms with Gasteiger partial charge in [-0.1, -0.05) is 151 Å². The number of alkyl halides is 1. The van der Waals surface area contributed by atoms with Gasteiger partial charge in [-0.25, -0.2) is 0 Å². The first-order valence-electron chi connectivity index (χ1n) is 25.5. The van der Waals surface area contributed by atoms with Crippen molar-refractivity contribution in [2.45, 2.75) is 209 Å². The zero-order chi connectivity index (χ0) is 48.0. The van der Waals surface area contributed by atoms with Crippen molar-refractivity contribution in [1.29, 1.82) is 0 Å². The lowest BCUT2D eigenvalue weighted by Crippen LogP contribution is -2.88. The van der Waals surface area contributed by atoms with E-state index in [2.05, 4.69) is 113 Å². The van der Waals surface area contributed by atoms with Crippen LogP contribution in [0, 0.1) is 41.4 Å². The standard InChI is InChI=1S/C42H89BrO14Si8/c1-35(2)28-59-46-58(27-23-26-45-42(44)24-21-19-17-15-16-18-20-22-25-43)47-60(29-36(3)4)51-62(49-59,31-38(7)8)55-65(34-41(13)14)56-63(50-59,32-39(9)10)52-61(48-58,30-37(5)6)54-64(53-60,57-65)33-40(11)12/h35-41H,15-34H2,1-14H3. The van der Waals surface area contributed by atoms with Crippen molar-refractivity contribution < 1.29 is 58.9 Å². The van der Waals surface area contributed by atoms with Crippen LogP contribution < -0.4 is 0 Å². The normalized spacial score (nSPS) is 35.8. The molecule has 0 aliphatic carbocycles. The molecule has 6 saturated heterocycles. The summed E-state index contributed by atoms with van der Waals surface area (Å²) in [5.74, 6) is 0.435. The molecule has 6 rings (SSSR count). The Morgan fingerprint density at radius 2 is 0.585 bits per heavy atom. The zero-order valence-electron chi connectivity index (χ0n) is 42.8. The van der Waals surface area contributed by atoms with Crippen LogP contribution in [0.3, 0.4) is 0 Å². The van der Waals surface area contributed by atoms with E-state index in [4.69, 9.17) is 54.1 Å². The number of carbonyl (C=O) groups excluding carboxylic acids is 1. The highest BCUT2D eigenvalue weighted by Crippen LogP contribution is 2.56. The maximum atomic E-state index is 13.2. The van der Waals surface area contributed by atoms with Gasteiger partial charge in [0.15, 0.2) is 0 Å². The highest BCUT2D eigenvalue weighted by atomic mass is 79.9. The molecule has 0 atom stereocenters. The Labute approximate surface area is 411 Å². The molecule has 0 amide bonds. The molecule has 0 saturated carbocycles. The second kappa shape index (κ2) is 23.8. The Kier molecular flexibility index (Phi) is 20.9. The van der Waals surface area contributed by atoms with Gasteiger partial charge in [-0.15, -0.1) is 0 Å². The van der Waals surface area contributed by atoms with Gasteiger partial charge in [0.1, 0.15) is 0 Å². The minimum Gasteiger partial charge on any atom is -0.466 e. The van der Waals surface area contributed by atoms with Gasteiger partial charge in [0.25, 0.3) is 0 Å². The minimum absolute atomic E-state index is 0.0759. The van der Waals surface area contributed by atoms with E-state index in [1.54, 1.807) is 0 Å². The summed E-state index contributed by atoms with van der Waals surface area (Å²) in [6, 6.07) is 3.44. The predicted molar refractivity (Wildman–Crippen MR) is 272 cm³/mol. The van der Waals surface area contributed by atoms with Gasteiger partial charge >= 0.3 is 76.4 Å². The molecule has 0 spiro atoms. The van der Waals surface area contributed by atoms with Crippen LogP contribution >= 0.6 is 15.9 Å². The Bertz CT molecular complexity index is 1370. The number of carbonyl (C=O) groups is 1. The number of esters is 1. The molecular weight excluding hydrogens is 1030 g/mol. The van der Waals surface area contributed by atoms with E-state index in [-0.39, 0.29) is 54.0 Å². The van der Waals surface area contributed by atoms with Crippen molar-refractivity contribution in [2.75, 3.05) is 11.9 Å². The van der Waals surface area contributed by atoms with Crippen molar-refractivity contribution in [3.8, 4) is 0 Å². The average molecular weight is 1120 g/mol. The van der Waals surface area contributed by atoms with Gasteiger partial charge in [0.2, 0.25) is 0 Å².